The minimum absolute atomic E-state index is 1.14. The van der Waals surface area contributed by atoms with Gasteiger partial charge in [-0.15, -0.1) is 0 Å². The zero-order chi connectivity index (χ0) is 17.6. The fourth-order valence-corrected chi connectivity index (χ4v) is 10.3. The molecule has 0 radical (unpaired) electrons. The molecule has 0 saturated heterocycles. The summed E-state index contributed by atoms with van der Waals surface area (Å²) >= 11 is 3.71. The molecule has 2 heteroatoms. The van der Waals surface area contributed by atoms with Crippen LogP contribution in [0.2, 0.25) is 0 Å². The van der Waals surface area contributed by atoms with Gasteiger partial charge in [0.15, 0.2) is 8.07 Å². The minimum Gasteiger partial charge on any atom is -0.0623 e. The molecule has 1 heterocycles. The molecule has 0 aliphatic carbocycles. The lowest BCUT2D eigenvalue weighted by molar-refractivity contribution is 1.67. The van der Waals surface area contributed by atoms with Crippen molar-refractivity contribution in [2.75, 3.05) is 0 Å². The van der Waals surface area contributed by atoms with E-state index < -0.39 is 8.07 Å². The fourth-order valence-electron chi connectivity index (χ4n) is 4.43. The molecule has 5 rings (SSSR count). The second-order valence-electron chi connectivity index (χ2n) is 6.72. The molecule has 4 aromatic rings. The van der Waals surface area contributed by atoms with Gasteiger partial charge in [-0.05, 0) is 44.0 Å². The Morgan fingerprint density at radius 1 is 0.500 bits per heavy atom. The average molecular weight is 413 g/mol. The molecule has 0 nitrogen and oxygen atoms in total. The quantitative estimate of drug-likeness (QED) is 0.386. The lowest BCUT2D eigenvalue weighted by Crippen LogP contribution is -2.72. The first kappa shape index (κ1) is 15.8. The van der Waals surface area contributed by atoms with Crippen LogP contribution in [-0.4, -0.2) is 8.07 Å². The van der Waals surface area contributed by atoms with Crippen LogP contribution in [0.1, 0.15) is 0 Å². The molecule has 4 aromatic carbocycles. The molecule has 124 valence electrons. The Kier molecular flexibility index (Phi) is 3.70. The predicted molar refractivity (Wildman–Crippen MR) is 117 cm³/mol. The van der Waals surface area contributed by atoms with Crippen molar-refractivity contribution in [2.24, 2.45) is 0 Å². The van der Waals surface area contributed by atoms with Crippen molar-refractivity contribution in [3.63, 3.8) is 0 Å². The molecule has 0 unspecified atom stereocenters. The van der Waals surface area contributed by atoms with Crippen LogP contribution in [-0.2, 0) is 0 Å². The molecule has 0 N–H and O–H groups in total. The van der Waals surface area contributed by atoms with E-state index in [-0.39, 0.29) is 0 Å². The van der Waals surface area contributed by atoms with Crippen LogP contribution in [0.15, 0.2) is 108 Å². The van der Waals surface area contributed by atoms with Crippen molar-refractivity contribution in [3.8, 4) is 11.1 Å². The standard InChI is InChI=1S/C24H17BrSi/c25-18-9-8-12-20(17-18)26(19-10-2-1-3-11-19)23-15-6-4-13-21(23)22-14-5-7-16-24(22)26/h1-17H. The van der Waals surface area contributed by atoms with E-state index in [1.807, 2.05) is 0 Å². The highest BCUT2D eigenvalue weighted by Gasteiger charge is 2.48. The van der Waals surface area contributed by atoms with Gasteiger partial charge < -0.3 is 0 Å². The molecular weight excluding hydrogens is 396 g/mol. The highest BCUT2D eigenvalue weighted by atomic mass is 79.9. The van der Waals surface area contributed by atoms with Crippen molar-refractivity contribution >= 4 is 44.8 Å². The topological polar surface area (TPSA) is 0 Å². The maximum atomic E-state index is 3.71. The van der Waals surface area contributed by atoms with Gasteiger partial charge in [0.2, 0.25) is 0 Å². The number of benzene rings is 4. The summed E-state index contributed by atoms with van der Waals surface area (Å²) in [4.78, 5) is 0. The van der Waals surface area contributed by atoms with E-state index >= 15 is 0 Å². The summed E-state index contributed by atoms with van der Waals surface area (Å²) in [6, 6.07) is 37.9. The highest BCUT2D eigenvalue weighted by Crippen LogP contribution is 2.28. The number of hydrogen-bond donors (Lipinski definition) is 0. The maximum absolute atomic E-state index is 3.71. The van der Waals surface area contributed by atoms with Crippen LogP contribution < -0.4 is 20.7 Å². The van der Waals surface area contributed by atoms with Crippen molar-refractivity contribution in [1.29, 1.82) is 0 Å². The molecule has 0 spiro atoms. The second kappa shape index (κ2) is 6.08. The van der Waals surface area contributed by atoms with Crippen molar-refractivity contribution in [1.82, 2.24) is 0 Å². The summed E-state index contributed by atoms with van der Waals surface area (Å²) in [6.45, 7) is 0. The van der Waals surface area contributed by atoms with Gasteiger partial charge in [0, 0.05) is 4.47 Å². The molecule has 1 aliphatic heterocycles. The SMILES string of the molecule is Brc1cccc([Si]2(c3ccccc3)c3ccccc3-c3ccccc32)c1. The Labute approximate surface area is 163 Å². The molecule has 0 atom stereocenters. The number of rotatable bonds is 2. The van der Waals surface area contributed by atoms with Crippen molar-refractivity contribution in [2.45, 2.75) is 0 Å². The minimum atomic E-state index is -2.29. The average Bonchev–Trinajstić information content (AvgIpc) is 3.00. The summed E-state index contributed by atoms with van der Waals surface area (Å²) < 4.78 is 1.14. The Balaban J connectivity index is 1.98. The monoisotopic (exact) mass is 412 g/mol. The van der Waals surface area contributed by atoms with Crippen LogP contribution in [0.4, 0.5) is 0 Å². The van der Waals surface area contributed by atoms with Gasteiger partial charge in [-0.1, -0.05) is 107 Å². The summed E-state index contributed by atoms with van der Waals surface area (Å²) in [5, 5.41) is 5.85. The molecule has 0 fully saturated rings. The largest absolute Gasteiger partial charge is 0.180 e. The first-order chi connectivity index (χ1) is 12.8. The molecule has 0 aromatic heterocycles. The van der Waals surface area contributed by atoms with Crippen LogP contribution in [0, 0.1) is 0 Å². The van der Waals surface area contributed by atoms with E-state index in [1.165, 1.54) is 31.9 Å². The van der Waals surface area contributed by atoms with Gasteiger partial charge in [-0.25, -0.2) is 0 Å². The first-order valence-electron chi connectivity index (χ1n) is 8.83. The summed E-state index contributed by atoms with van der Waals surface area (Å²) in [7, 11) is -2.29. The van der Waals surface area contributed by atoms with Gasteiger partial charge in [0.1, 0.15) is 0 Å². The Hall–Kier alpha value is -2.42. The number of hydrogen-bond acceptors (Lipinski definition) is 0. The van der Waals surface area contributed by atoms with Gasteiger partial charge in [0.25, 0.3) is 0 Å². The number of halogens is 1. The summed E-state index contributed by atoms with van der Waals surface area (Å²) in [6.07, 6.45) is 0. The normalized spacial score (nSPS) is 13.9. The zero-order valence-corrected chi connectivity index (χ0v) is 16.8. The summed E-state index contributed by atoms with van der Waals surface area (Å²) in [5.41, 5.74) is 2.78. The van der Waals surface area contributed by atoms with Gasteiger partial charge in [-0.2, -0.15) is 0 Å². The lowest BCUT2D eigenvalue weighted by atomic mass is 10.1. The van der Waals surface area contributed by atoms with Crippen LogP contribution in [0.25, 0.3) is 11.1 Å². The zero-order valence-electron chi connectivity index (χ0n) is 14.2. The predicted octanol–water partition coefficient (Wildman–Crippen LogP) is 3.81. The van der Waals surface area contributed by atoms with Gasteiger partial charge in [-0.3, -0.25) is 0 Å². The van der Waals surface area contributed by atoms with E-state index in [1.54, 1.807) is 0 Å². The highest BCUT2D eigenvalue weighted by molar-refractivity contribution is 9.10. The molecule has 0 saturated carbocycles. The van der Waals surface area contributed by atoms with E-state index in [0.29, 0.717) is 0 Å². The first-order valence-corrected chi connectivity index (χ1v) is 11.6. The van der Waals surface area contributed by atoms with E-state index in [9.17, 15) is 0 Å². The van der Waals surface area contributed by atoms with Crippen molar-refractivity contribution < 1.29 is 0 Å². The molecule has 0 bridgehead atoms. The Bertz CT molecular complexity index is 1060. The number of fused-ring (bicyclic) bond motifs is 3. The molecule has 26 heavy (non-hydrogen) atoms. The van der Waals surface area contributed by atoms with Gasteiger partial charge in [0.05, 0.1) is 0 Å². The summed E-state index contributed by atoms with van der Waals surface area (Å²) in [5.74, 6) is 0. The Morgan fingerprint density at radius 2 is 1.04 bits per heavy atom. The van der Waals surface area contributed by atoms with Crippen LogP contribution in [0.3, 0.4) is 0 Å². The Morgan fingerprint density at radius 3 is 1.65 bits per heavy atom. The third kappa shape index (κ3) is 2.12. The van der Waals surface area contributed by atoms with Gasteiger partial charge >= 0.3 is 0 Å². The van der Waals surface area contributed by atoms with Crippen LogP contribution in [0.5, 0.6) is 0 Å². The maximum Gasteiger partial charge on any atom is 0.180 e. The second-order valence-corrected chi connectivity index (χ2v) is 11.4. The van der Waals surface area contributed by atoms with E-state index in [2.05, 4.69) is 119 Å². The van der Waals surface area contributed by atoms with Crippen molar-refractivity contribution in [3.05, 3.63) is 108 Å². The van der Waals surface area contributed by atoms with Crippen LogP contribution >= 0.6 is 15.9 Å². The molecular formula is C24H17BrSi. The molecule has 0 amide bonds. The van der Waals surface area contributed by atoms with E-state index in [0.717, 1.165) is 4.47 Å². The third-order valence-electron chi connectivity index (χ3n) is 5.42. The smallest absolute Gasteiger partial charge is 0.0623 e. The fraction of sp³-hybridized carbons (Fsp3) is 0. The molecule has 1 aliphatic rings. The third-order valence-corrected chi connectivity index (χ3v) is 10.8. The lowest BCUT2D eigenvalue weighted by Gasteiger charge is -2.31. The van der Waals surface area contributed by atoms with E-state index in [4.69, 9.17) is 0 Å².